The lowest BCUT2D eigenvalue weighted by atomic mass is 9.88. The van der Waals surface area contributed by atoms with Crippen molar-refractivity contribution < 1.29 is 14.6 Å². The Morgan fingerprint density at radius 3 is 2.33 bits per heavy atom. The normalized spacial score (nSPS) is 13.5. The number of hydrogen-bond donors (Lipinski definition) is 1. The van der Waals surface area contributed by atoms with Crippen LogP contribution in [0.25, 0.3) is 0 Å². The van der Waals surface area contributed by atoms with Crippen LogP contribution in [0.15, 0.2) is 48.5 Å². The maximum Gasteiger partial charge on any atom is 0.119 e. The molecule has 0 aliphatic carbocycles. The molecule has 0 amide bonds. The number of benzene rings is 2. The molecule has 0 aliphatic rings. The second-order valence-corrected chi connectivity index (χ2v) is 5.18. The van der Waals surface area contributed by atoms with Gasteiger partial charge in [-0.2, -0.15) is 0 Å². The molecule has 1 N–H and O–H groups in total. The summed E-state index contributed by atoms with van der Waals surface area (Å²) >= 11 is 0. The molecule has 0 saturated carbocycles. The summed E-state index contributed by atoms with van der Waals surface area (Å²) in [4.78, 5) is 0. The zero-order chi connectivity index (χ0) is 15.3. The van der Waals surface area contributed by atoms with Gasteiger partial charge in [-0.05, 0) is 48.7 Å². The molecule has 2 aromatic carbocycles. The van der Waals surface area contributed by atoms with Gasteiger partial charge in [0, 0.05) is 0 Å². The number of hydrogen-bond acceptors (Lipinski definition) is 3. The van der Waals surface area contributed by atoms with E-state index in [2.05, 4.69) is 6.92 Å². The van der Waals surface area contributed by atoms with Gasteiger partial charge in [0.1, 0.15) is 17.1 Å². The van der Waals surface area contributed by atoms with Gasteiger partial charge in [0.25, 0.3) is 0 Å². The van der Waals surface area contributed by atoms with Crippen molar-refractivity contribution in [1.29, 1.82) is 0 Å². The summed E-state index contributed by atoms with van der Waals surface area (Å²) in [6, 6.07) is 15.0. The quantitative estimate of drug-likeness (QED) is 0.879. The van der Waals surface area contributed by atoms with Crippen molar-refractivity contribution in [2.75, 3.05) is 13.7 Å². The number of methoxy groups -OCH3 is 1. The third kappa shape index (κ3) is 3.56. The Balaban J connectivity index is 2.25. The fraction of sp³-hybridized carbons (Fsp3) is 0.333. The molecule has 0 aliphatic heterocycles. The van der Waals surface area contributed by atoms with Crippen LogP contribution in [0, 0.1) is 0 Å². The predicted molar refractivity (Wildman–Crippen MR) is 83.9 cm³/mol. The molecule has 3 nitrogen and oxygen atoms in total. The van der Waals surface area contributed by atoms with Crippen molar-refractivity contribution in [3.8, 4) is 11.5 Å². The minimum atomic E-state index is -1.07. The molecule has 0 saturated heterocycles. The van der Waals surface area contributed by atoms with Crippen molar-refractivity contribution in [2.45, 2.75) is 25.9 Å². The van der Waals surface area contributed by atoms with Crippen LogP contribution < -0.4 is 9.47 Å². The Morgan fingerprint density at radius 2 is 1.71 bits per heavy atom. The van der Waals surface area contributed by atoms with E-state index in [0.717, 1.165) is 29.0 Å². The van der Waals surface area contributed by atoms with Gasteiger partial charge in [0.2, 0.25) is 0 Å². The highest BCUT2D eigenvalue weighted by molar-refractivity contribution is 5.40. The molecule has 2 rings (SSSR count). The smallest absolute Gasteiger partial charge is 0.119 e. The highest BCUT2D eigenvalue weighted by atomic mass is 16.5. The summed E-state index contributed by atoms with van der Waals surface area (Å²) in [7, 11) is 1.62. The van der Waals surface area contributed by atoms with Crippen molar-refractivity contribution in [3.63, 3.8) is 0 Å². The van der Waals surface area contributed by atoms with E-state index in [1.165, 1.54) is 0 Å². The molecule has 0 fully saturated rings. The van der Waals surface area contributed by atoms with E-state index in [9.17, 15) is 5.11 Å². The molecule has 3 heteroatoms. The Bertz CT molecular complexity index is 573. The largest absolute Gasteiger partial charge is 0.497 e. The summed E-state index contributed by atoms with van der Waals surface area (Å²) in [5.74, 6) is 1.55. The van der Waals surface area contributed by atoms with Gasteiger partial charge >= 0.3 is 0 Å². The van der Waals surface area contributed by atoms with E-state index in [0.29, 0.717) is 6.61 Å². The molecule has 112 valence electrons. The van der Waals surface area contributed by atoms with Crippen molar-refractivity contribution >= 4 is 0 Å². The van der Waals surface area contributed by atoms with Gasteiger partial charge in [-0.15, -0.1) is 0 Å². The lowest BCUT2D eigenvalue weighted by molar-refractivity contribution is 0.102. The third-order valence-corrected chi connectivity index (χ3v) is 3.52. The van der Waals surface area contributed by atoms with Gasteiger partial charge in [0.15, 0.2) is 0 Å². The Labute approximate surface area is 126 Å². The van der Waals surface area contributed by atoms with E-state index in [1.807, 2.05) is 48.5 Å². The molecular weight excluding hydrogens is 264 g/mol. The molecule has 0 aromatic heterocycles. The molecular formula is C18H22O3. The van der Waals surface area contributed by atoms with Crippen LogP contribution >= 0.6 is 0 Å². The molecule has 0 radical (unpaired) electrons. The monoisotopic (exact) mass is 286 g/mol. The second kappa shape index (κ2) is 6.64. The average Bonchev–Trinajstić information content (AvgIpc) is 2.53. The van der Waals surface area contributed by atoms with E-state index >= 15 is 0 Å². The first-order valence-corrected chi connectivity index (χ1v) is 7.18. The first-order chi connectivity index (χ1) is 10.1. The third-order valence-electron chi connectivity index (χ3n) is 3.52. The molecule has 1 atom stereocenters. The summed E-state index contributed by atoms with van der Waals surface area (Å²) in [6.45, 7) is 4.55. The van der Waals surface area contributed by atoms with Gasteiger partial charge in [-0.3, -0.25) is 0 Å². The summed E-state index contributed by atoms with van der Waals surface area (Å²) in [5, 5.41) is 10.8. The molecule has 0 spiro atoms. The van der Waals surface area contributed by atoms with E-state index in [4.69, 9.17) is 9.47 Å². The highest BCUT2D eigenvalue weighted by Crippen LogP contribution is 2.32. The minimum Gasteiger partial charge on any atom is -0.497 e. The van der Waals surface area contributed by atoms with E-state index in [-0.39, 0.29) is 0 Å². The second-order valence-electron chi connectivity index (χ2n) is 5.18. The van der Waals surface area contributed by atoms with Crippen molar-refractivity contribution in [2.24, 2.45) is 0 Å². The van der Waals surface area contributed by atoms with Crippen LogP contribution in [0.2, 0.25) is 0 Å². The van der Waals surface area contributed by atoms with Gasteiger partial charge in [-0.1, -0.05) is 31.2 Å². The molecule has 2 aromatic rings. The van der Waals surface area contributed by atoms with Gasteiger partial charge < -0.3 is 14.6 Å². The Kier molecular flexibility index (Phi) is 4.86. The first kappa shape index (κ1) is 15.4. The SMILES string of the molecule is CCCOc1ccc(C(C)(O)c2cccc(OC)c2)cc1. The zero-order valence-electron chi connectivity index (χ0n) is 12.8. The average molecular weight is 286 g/mol. The zero-order valence-corrected chi connectivity index (χ0v) is 12.8. The summed E-state index contributed by atoms with van der Waals surface area (Å²) < 4.78 is 10.8. The Morgan fingerprint density at radius 1 is 1.00 bits per heavy atom. The lowest BCUT2D eigenvalue weighted by Gasteiger charge is -2.25. The fourth-order valence-electron chi connectivity index (χ4n) is 2.19. The van der Waals surface area contributed by atoms with Crippen LogP contribution in [0.4, 0.5) is 0 Å². The molecule has 21 heavy (non-hydrogen) atoms. The predicted octanol–water partition coefficient (Wildman–Crippen LogP) is 3.74. The summed E-state index contributed by atoms with van der Waals surface area (Å²) in [6.07, 6.45) is 0.975. The number of ether oxygens (including phenoxy) is 2. The Hall–Kier alpha value is -2.00. The van der Waals surface area contributed by atoms with Crippen LogP contribution in [0.5, 0.6) is 11.5 Å². The fourth-order valence-corrected chi connectivity index (χ4v) is 2.19. The first-order valence-electron chi connectivity index (χ1n) is 7.18. The summed E-state index contributed by atoms with van der Waals surface area (Å²) in [5.41, 5.74) is 0.543. The van der Waals surface area contributed by atoms with E-state index < -0.39 is 5.60 Å². The number of aliphatic hydroxyl groups is 1. The van der Waals surface area contributed by atoms with E-state index in [1.54, 1.807) is 14.0 Å². The maximum atomic E-state index is 10.8. The van der Waals surface area contributed by atoms with Crippen LogP contribution in [-0.2, 0) is 5.60 Å². The van der Waals surface area contributed by atoms with Gasteiger partial charge in [-0.25, -0.2) is 0 Å². The standard InChI is InChI=1S/C18H22O3/c1-4-12-21-16-10-8-14(9-11-16)18(2,19)15-6-5-7-17(13-15)20-3/h5-11,13,19H,4,12H2,1-3H3. The highest BCUT2D eigenvalue weighted by Gasteiger charge is 2.25. The number of rotatable bonds is 6. The van der Waals surface area contributed by atoms with Crippen molar-refractivity contribution in [1.82, 2.24) is 0 Å². The topological polar surface area (TPSA) is 38.7 Å². The molecule has 0 bridgehead atoms. The van der Waals surface area contributed by atoms with Crippen LogP contribution in [0.1, 0.15) is 31.4 Å². The van der Waals surface area contributed by atoms with Crippen molar-refractivity contribution in [3.05, 3.63) is 59.7 Å². The van der Waals surface area contributed by atoms with Crippen LogP contribution in [-0.4, -0.2) is 18.8 Å². The molecule has 0 heterocycles. The lowest BCUT2D eigenvalue weighted by Crippen LogP contribution is -2.22. The molecule has 1 unspecified atom stereocenters. The van der Waals surface area contributed by atoms with Gasteiger partial charge in [0.05, 0.1) is 13.7 Å². The maximum absolute atomic E-state index is 10.8. The minimum absolute atomic E-state index is 0.700. The van der Waals surface area contributed by atoms with Crippen LogP contribution in [0.3, 0.4) is 0 Å².